The minimum Gasteiger partial charge on any atom is -0.456 e. The maximum atomic E-state index is 6.37. The molecule has 0 aliphatic rings. The fourth-order valence-corrected chi connectivity index (χ4v) is 19.5. The van der Waals surface area contributed by atoms with Crippen LogP contribution in [0, 0.1) is 0 Å². The largest absolute Gasteiger partial charge is 0.456 e. The van der Waals surface area contributed by atoms with E-state index in [-0.39, 0.29) is 0 Å². The molecule has 560 valence electrons. The van der Waals surface area contributed by atoms with Gasteiger partial charge in [-0.1, -0.05) is 309 Å². The fourth-order valence-electron chi connectivity index (χ4n) is 17.1. The van der Waals surface area contributed by atoms with E-state index in [0.717, 1.165) is 150 Å². The van der Waals surface area contributed by atoms with Crippen LogP contribution < -0.4 is 0 Å². The Hall–Kier alpha value is -15.5. The Morgan fingerprint density at radius 2 is 0.542 bits per heavy atom. The first-order chi connectivity index (χ1) is 59.4. The number of benzene rings is 16. The number of hydrogen-bond acceptors (Lipinski definition) is 10. The maximum absolute atomic E-state index is 6.37. The second kappa shape index (κ2) is 29.4. The van der Waals surface area contributed by atoms with Crippen molar-refractivity contribution in [2.45, 2.75) is 0 Å². The zero-order chi connectivity index (χ0) is 79.1. The highest BCUT2D eigenvalue weighted by Gasteiger charge is 2.23. The number of nitrogens with zero attached hydrogens (tertiary/aromatic N) is 6. The highest BCUT2D eigenvalue weighted by molar-refractivity contribution is 7.27. The molecule has 0 unspecified atom stereocenters. The van der Waals surface area contributed by atoms with Crippen LogP contribution in [0.3, 0.4) is 0 Å². The van der Waals surface area contributed by atoms with E-state index in [1.54, 1.807) is 11.3 Å². The zero-order valence-electron chi connectivity index (χ0n) is 64.4. The van der Waals surface area contributed by atoms with Gasteiger partial charge in [0.05, 0.1) is 54.6 Å². The van der Waals surface area contributed by atoms with Gasteiger partial charge < -0.3 is 8.83 Å². The number of para-hydroxylation sites is 3. The standard InChI is InChI=1S/2C55H33N3OS/c1-3-13-34(14-4-1)36-17-11-18-37(29-36)38-25-27-46-45(31-38)52-43-22-8-10-24-51(43)60-54(52)53(56-46)41-20-12-19-39(30-41)47-33-48(58-55(57-47)35-15-5-2-6-16-35)40-26-28-50-44(32-40)42-21-7-9-23-49(42)59-50;1-3-12-34(13-4-1)40-30-31-46-45(32-40)51-44-17-8-10-21-50(44)60-54(51)52(56-46)38-26-28-39(29-27-38)55-57-47(36-14-5-2-6-15-36)33-48(58-55)37-24-22-35(23-25-37)41-18-11-19-43-42-16-7-9-20-49(42)59-53(41)43/h2*1-33H. The summed E-state index contributed by atoms with van der Waals surface area (Å²) in [5.41, 5.74) is 28.2. The Morgan fingerprint density at radius 1 is 0.192 bits per heavy atom. The van der Waals surface area contributed by atoms with Crippen molar-refractivity contribution in [1.82, 2.24) is 29.9 Å². The summed E-state index contributed by atoms with van der Waals surface area (Å²) in [6.07, 6.45) is 0. The van der Waals surface area contributed by atoms with Gasteiger partial charge in [-0.05, 0) is 130 Å². The molecule has 8 nitrogen and oxygen atoms in total. The molecule has 24 rings (SSSR count). The molecule has 0 saturated carbocycles. The molecule has 0 spiro atoms. The highest BCUT2D eigenvalue weighted by atomic mass is 32.1. The molecule has 10 heteroatoms. The number of thiophene rings is 2. The monoisotopic (exact) mass is 1570 g/mol. The quantitative estimate of drug-likeness (QED) is 0.119. The average molecular weight is 1570 g/mol. The van der Waals surface area contributed by atoms with Crippen molar-refractivity contribution in [3.63, 3.8) is 0 Å². The third kappa shape index (κ3) is 12.6. The summed E-state index contributed by atoms with van der Waals surface area (Å²) in [6, 6.07) is 140. The average Bonchev–Trinajstić information content (AvgIpc) is 1.36. The van der Waals surface area contributed by atoms with E-state index in [4.69, 9.17) is 38.7 Å². The molecule has 8 heterocycles. The van der Waals surface area contributed by atoms with Crippen LogP contribution in [0.2, 0.25) is 0 Å². The molecule has 0 radical (unpaired) electrons. The minimum atomic E-state index is 0.668. The zero-order valence-corrected chi connectivity index (χ0v) is 66.1. The van der Waals surface area contributed by atoms with Gasteiger partial charge in [0.2, 0.25) is 0 Å². The van der Waals surface area contributed by atoms with Crippen molar-refractivity contribution in [2.24, 2.45) is 0 Å². The Morgan fingerprint density at radius 3 is 1.13 bits per heavy atom. The molecular weight excluding hydrogens is 1500 g/mol. The number of pyridine rings is 2. The van der Waals surface area contributed by atoms with Gasteiger partial charge in [0.15, 0.2) is 11.6 Å². The minimum absolute atomic E-state index is 0.668. The van der Waals surface area contributed by atoms with Crippen LogP contribution in [0.5, 0.6) is 0 Å². The molecule has 120 heavy (non-hydrogen) atoms. The van der Waals surface area contributed by atoms with Crippen LogP contribution in [-0.2, 0) is 0 Å². The molecule has 0 fully saturated rings. The third-order valence-corrected chi connectivity index (χ3v) is 25.4. The van der Waals surface area contributed by atoms with Crippen molar-refractivity contribution in [3.05, 3.63) is 400 Å². The van der Waals surface area contributed by atoms with Gasteiger partial charge in [-0.15, -0.1) is 22.7 Å². The molecule has 0 atom stereocenters. The molecule has 16 aromatic carbocycles. The highest BCUT2D eigenvalue weighted by Crippen LogP contribution is 2.48. The van der Waals surface area contributed by atoms with E-state index >= 15 is 0 Å². The smallest absolute Gasteiger partial charge is 0.160 e. The maximum Gasteiger partial charge on any atom is 0.160 e. The molecule has 0 aliphatic carbocycles. The van der Waals surface area contributed by atoms with Crippen LogP contribution in [0.15, 0.2) is 409 Å². The lowest BCUT2D eigenvalue weighted by molar-refractivity contribution is 0.669. The number of rotatable bonds is 12. The summed E-state index contributed by atoms with van der Waals surface area (Å²) >= 11 is 3.61. The number of hydrogen-bond donors (Lipinski definition) is 0. The van der Waals surface area contributed by atoms with E-state index in [1.165, 1.54) is 79.1 Å². The molecule has 0 N–H and O–H groups in total. The SMILES string of the molecule is c1ccc(-c2ccc3nc(-c4ccc(-c5nc(-c6ccccc6)cc(-c6ccc(-c7cccc8c7oc7ccccc78)cc6)n5)cc4)c4sc5ccccc5c4c3c2)cc1.c1ccc(-c2cccc(-c3ccc4nc(-c5cccc(-c6cc(-c7ccc8oc9ccccc9c8c7)nc(-c7ccccc7)n6)c5)c5sc6ccccc6c5c4c3)c2)cc1. The van der Waals surface area contributed by atoms with Gasteiger partial charge >= 0.3 is 0 Å². The summed E-state index contributed by atoms with van der Waals surface area (Å²) in [4.78, 5) is 31.5. The lowest BCUT2D eigenvalue weighted by Gasteiger charge is -2.12. The van der Waals surface area contributed by atoms with Crippen LogP contribution >= 0.6 is 22.7 Å². The molecular formula is C110H66N6O2S2. The van der Waals surface area contributed by atoms with Gasteiger partial charge in [0.1, 0.15) is 22.3 Å². The molecule has 0 aliphatic heterocycles. The molecule has 0 amide bonds. The normalized spacial score (nSPS) is 11.7. The van der Waals surface area contributed by atoms with E-state index < -0.39 is 0 Å². The predicted octanol–water partition coefficient (Wildman–Crippen LogP) is 30.6. The van der Waals surface area contributed by atoms with Crippen molar-refractivity contribution < 1.29 is 8.83 Å². The van der Waals surface area contributed by atoms with Crippen molar-refractivity contribution in [1.29, 1.82) is 0 Å². The van der Waals surface area contributed by atoms with Crippen LogP contribution in [0.4, 0.5) is 0 Å². The van der Waals surface area contributed by atoms with Crippen LogP contribution in [-0.4, -0.2) is 29.9 Å². The number of fused-ring (bicyclic) bond motifs is 16. The Bertz CT molecular complexity index is 8140. The van der Waals surface area contributed by atoms with E-state index in [2.05, 4.69) is 328 Å². The van der Waals surface area contributed by atoms with Crippen molar-refractivity contribution >= 4 is 129 Å². The summed E-state index contributed by atoms with van der Waals surface area (Å²) in [7, 11) is 0. The van der Waals surface area contributed by atoms with Crippen LogP contribution in [0.1, 0.15) is 0 Å². The molecule has 0 bridgehead atoms. The van der Waals surface area contributed by atoms with Crippen LogP contribution in [0.25, 0.3) is 241 Å². The summed E-state index contributed by atoms with van der Waals surface area (Å²) in [5, 5.41) is 11.7. The predicted molar refractivity (Wildman–Crippen MR) is 500 cm³/mol. The van der Waals surface area contributed by atoms with E-state index in [9.17, 15) is 0 Å². The second-order valence-electron chi connectivity index (χ2n) is 30.3. The van der Waals surface area contributed by atoms with Gasteiger partial charge in [0.25, 0.3) is 0 Å². The van der Waals surface area contributed by atoms with Gasteiger partial charge in [0, 0.05) is 113 Å². The number of aromatic nitrogens is 6. The Labute approximate surface area is 697 Å². The summed E-state index contributed by atoms with van der Waals surface area (Å²) in [6.45, 7) is 0. The topological polar surface area (TPSA) is 104 Å². The first-order valence-electron chi connectivity index (χ1n) is 40.2. The molecule has 8 aromatic heterocycles. The summed E-state index contributed by atoms with van der Waals surface area (Å²) < 4.78 is 17.4. The second-order valence-corrected chi connectivity index (χ2v) is 32.4. The van der Waals surface area contributed by atoms with Crippen molar-refractivity contribution in [3.8, 4) is 135 Å². The molecule has 24 aromatic rings. The summed E-state index contributed by atoms with van der Waals surface area (Å²) in [5.74, 6) is 1.34. The van der Waals surface area contributed by atoms with Gasteiger partial charge in [-0.2, -0.15) is 0 Å². The van der Waals surface area contributed by atoms with Crippen molar-refractivity contribution in [2.75, 3.05) is 0 Å². The van der Waals surface area contributed by atoms with Gasteiger partial charge in [-0.25, -0.2) is 29.9 Å². The Kier molecular flexibility index (Phi) is 17.1. The molecule has 0 saturated heterocycles. The first kappa shape index (κ1) is 70.0. The van der Waals surface area contributed by atoms with Gasteiger partial charge in [-0.3, -0.25) is 0 Å². The van der Waals surface area contributed by atoms with E-state index in [1.807, 2.05) is 84.1 Å². The third-order valence-electron chi connectivity index (χ3n) is 23.0. The first-order valence-corrected chi connectivity index (χ1v) is 41.8. The fraction of sp³-hybridized carbons (Fsp3) is 0. The Balaban J connectivity index is 0.000000140. The number of furan rings is 2. The van der Waals surface area contributed by atoms with E-state index in [0.29, 0.717) is 11.6 Å². The lowest BCUT2D eigenvalue weighted by atomic mass is 9.96. The lowest BCUT2D eigenvalue weighted by Crippen LogP contribution is -1.96.